The first kappa shape index (κ1) is 22.3. The number of amides is 1. The molecule has 0 unspecified atom stereocenters. The maximum Gasteiger partial charge on any atom is 0.343 e. The molecule has 0 saturated heterocycles. The summed E-state index contributed by atoms with van der Waals surface area (Å²) in [5.74, 6) is -0.215. The Bertz CT molecular complexity index is 898. The van der Waals surface area contributed by atoms with Crippen molar-refractivity contribution >= 4 is 63.9 Å². The maximum atomic E-state index is 12.2. The minimum atomic E-state index is -0.562. The van der Waals surface area contributed by atoms with Crippen LogP contribution >= 0.6 is 45.8 Å². The van der Waals surface area contributed by atoms with Gasteiger partial charge in [0.05, 0.1) is 34.0 Å². The standard InChI is InChI=1S/C18H15Cl2IN2O5/c1-26-15-7-11(3-4-14(15)21)18(25)23-22-8-10-5-12(19)17(13(20)6-10)28-9-16(24)27-2/h3-8H,9H2,1-2H3,(H,23,25)/b22-8-. The van der Waals surface area contributed by atoms with E-state index in [4.69, 9.17) is 32.7 Å². The smallest absolute Gasteiger partial charge is 0.343 e. The lowest BCUT2D eigenvalue weighted by Gasteiger charge is -2.09. The molecule has 7 nitrogen and oxygen atoms in total. The maximum absolute atomic E-state index is 12.2. The zero-order valence-corrected chi connectivity index (χ0v) is 18.5. The summed E-state index contributed by atoms with van der Waals surface area (Å²) in [4.78, 5) is 23.3. The van der Waals surface area contributed by atoms with Crippen molar-refractivity contribution < 1.29 is 23.8 Å². The number of esters is 1. The number of hydrogen-bond donors (Lipinski definition) is 1. The number of nitrogens with one attached hydrogen (secondary N) is 1. The van der Waals surface area contributed by atoms with Crippen LogP contribution in [0.3, 0.4) is 0 Å². The minimum Gasteiger partial charge on any atom is -0.496 e. The summed E-state index contributed by atoms with van der Waals surface area (Å²) in [5.41, 5.74) is 3.34. The number of methoxy groups -OCH3 is 2. The predicted molar refractivity (Wildman–Crippen MR) is 115 cm³/mol. The van der Waals surface area contributed by atoms with Crippen LogP contribution in [0.4, 0.5) is 0 Å². The van der Waals surface area contributed by atoms with Crippen molar-refractivity contribution in [2.45, 2.75) is 0 Å². The Labute approximate surface area is 185 Å². The lowest BCUT2D eigenvalue weighted by molar-refractivity contribution is -0.142. The van der Waals surface area contributed by atoms with E-state index in [-0.39, 0.29) is 22.4 Å². The third-order valence-electron chi connectivity index (χ3n) is 3.38. The average molecular weight is 537 g/mol. The van der Waals surface area contributed by atoms with Gasteiger partial charge >= 0.3 is 5.97 Å². The zero-order valence-electron chi connectivity index (χ0n) is 14.8. The van der Waals surface area contributed by atoms with Crippen LogP contribution in [0.25, 0.3) is 0 Å². The number of benzene rings is 2. The van der Waals surface area contributed by atoms with Crippen molar-refractivity contribution in [3.63, 3.8) is 0 Å². The van der Waals surface area contributed by atoms with Gasteiger partial charge in [0.15, 0.2) is 12.4 Å². The van der Waals surface area contributed by atoms with Gasteiger partial charge in [0.2, 0.25) is 0 Å². The molecule has 148 valence electrons. The molecule has 2 aromatic carbocycles. The highest BCUT2D eigenvalue weighted by Gasteiger charge is 2.12. The van der Waals surface area contributed by atoms with Crippen LogP contribution in [0.1, 0.15) is 15.9 Å². The Morgan fingerprint density at radius 1 is 1.18 bits per heavy atom. The minimum absolute atomic E-state index is 0.154. The van der Waals surface area contributed by atoms with Gasteiger partial charge in [-0.3, -0.25) is 4.79 Å². The quantitative estimate of drug-likeness (QED) is 0.251. The molecule has 0 radical (unpaired) electrons. The number of nitrogens with zero attached hydrogens (tertiary/aromatic N) is 1. The summed E-state index contributed by atoms with van der Waals surface area (Å²) in [7, 11) is 2.78. The normalized spacial score (nSPS) is 10.6. The molecular weight excluding hydrogens is 522 g/mol. The summed E-state index contributed by atoms with van der Waals surface area (Å²) < 4.78 is 15.8. The van der Waals surface area contributed by atoms with Crippen LogP contribution in [0.2, 0.25) is 10.0 Å². The van der Waals surface area contributed by atoms with E-state index in [0.717, 1.165) is 3.57 Å². The zero-order chi connectivity index (χ0) is 20.7. The van der Waals surface area contributed by atoms with E-state index in [0.29, 0.717) is 16.9 Å². The van der Waals surface area contributed by atoms with Crippen molar-refractivity contribution in [2.75, 3.05) is 20.8 Å². The topological polar surface area (TPSA) is 86.2 Å². The molecule has 0 saturated carbocycles. The molecule has 10 heteroatoms. The van der Waals surface area contributed by atoms with Crippen molar-refractivity contribution in [2.24, 2.45) is 5.10 Å². The molecule has 2 aromatic rings. The molecule has 1 N–H and O–H groups in total. The molecule has 0 bridgehead atoms. The highest BCUT2D eigenvalue weighted by atomic mass is 127. The monoisotopic (exact) mass is 536 g/mol. The third-order valence-corrected chi connectivity index (χ3v) is 4.83. The van der Waals surface area contributed by atoms with Gasteiger partial charge in [-0.05, 0) is 58.5 Å². The van der Waals surface area contributed by atoms with Crippen LogP contribution in [-0.4, -0.2) is 38.9 Å². The molecular formula is C18H15Cl2IN2O5. The second-order valence-electron chi connectivity index (χ2n) is 5.23. The van der Waals surface area contributed by atoms with Crippen molar-refractivity contribution in [3.05, 3.63) is 55.1 Å². The van der Waals surface area contributed by atoms with Gasteiger partial charge in [-0.2, -0.15) is 5.10 Å². The fourth-order valence-electron chi connectivity index (χ4n) is 2.01. The van der Waals surface area contributed by atoms with Crippen LogP contribution in [0.15, 0.2) is 35.4 Å². The van der Waals surface area contributed by atoms with Crippen molar-refractivity contribution in [3.8, 4) is 11.5 Å². The second kappa shape index (κ2) is 10.5. The summed E-state index contributed by atoms with van der Waals surface area (Å²) in [6.45, 7) is -0.321. The van der Waals surface area contributed by atoms with Crippen molar-refractivity contribution in [1.29, 1.82) is 0 Å². The number of carbonyl (C=O) groups is 2. The lowest BCUT2D eigenvalue weighted by atomic mass is 10.2. The van der Waals surface area contributed by atoms with Gasteiger partial charge in [-0.15, -0.1) is 0 Å². The van der Waals surface area contributed by atoms with E-state index < -0.39 is 11.9 Å². The number of hydrogen-bond acceptors (Lipinski definition) is 6. The van der Waals surface area contributed by atoms with E-state index in [1.165, 1.54) is 32.6 Å². The first-order chi connectivity index (χ1) is 13.3. The average Bonchev–Trinajstić information content (AvgIpc) is 2.67. The predicted octanol–water partition coefficient (Wildman–Crippen LogP) is 3.92. The second-order valence-corrected chi connectivity index (χ2v) is 7.20. The Balaban J connectivity index is 2.06. The van der Waals surface area contributed by atoms with E-state index in [1.54, 1.807) is 18.2 Å². The first-order valence-electron chi connectivity index (χ1n) is 7.71. The van der Waals surface area contributed by atoms with Gasteiger partial charge in [-0.1, -0.05) is 23.2 Å². The van der Waals surface area contributed by atoms with E-state index in [2.05, 4.69) is 37.9 Å². The van der Waals surface area contributed by atoms with Gasteiger partial charge < -0.3 is 14.2 Å². The molecule has 0 fully saturated rings. The molecule has 0 aliphatic rings. The Morgan fingerprint density at radius 2 is 1.86 bits per heavy atom. The highest BCUT2D eigenvalue weighted by molar-refractivity contribution is 14.1. The molecule has 0 spiro atoms. The number of halogens is 3. The van der Waals surface area contributed by atoms with Crippen LogP contribution in [-0.2, 0) is 9.53 Å². The molecule has 0 atom stereocenters. The summed E-state index contributed by atoms with van der Waals surface area (Å²) >= 11 is 14.4. The number of rotatable bonds is 7. The molecule has 28 heavy (non-hydrogen) atoms. The largest absolute Gasteiger partial charge is 0.496 e. The molecule has 2 rings (SSSR count). The van der Waals surface area contributed by atoms with Gasteiger partial charge in [0.25, 0.3) is 5.91 Å². The van der Waals surface area contributed by atoms with Crippen LogP contribution < -0.4 is 14.9 Å². The SMILES string of the molecule is COC(=O)COc1c(Cl)cc(/C=N\NC(=O)c2ccc(I)c(OC)c2)cc1Cl. The first-order valence-corrected chi connectivity index (χ1v) is 9.54. The van der Waals surface area contributed by atoms with Gasteiger partial charge in [0.1, 0.15) is 5.75 Å². The van der Waals surface area contributed by atoms with Crippen LogP contribution in [0.5, 0.6) is 11.5 Å². The molecule has 0 heterocycles. The Kier molecular flexibility index (Phi) is 8.34. The van der Waals surface area contributed by atoms with Crippen molar-refractivity contribution in [1.82, 2.24) is 5.43 Å². The molecule has 0 aliphatic heterocycles. The Morgan fingerprint density at radius 3 is 2.46 bits per heavy atom. The van der Waals surface area contributed by atoms with Gasteiger partial charge in [-0.25, -0.2) is 10.2 Å². The van der Waals surface area contributed by atoms with E-state index in [9.17, 15) is 9.59 Å². The summed E-state index contributed by atoms with van der Waals surface area (Å²) in [6, 6.07) is 8.11. The fraction of sp³-hybridized carbons (Fsp3) is 0.167. The molecule has 0 aliphatic carbocycles. The number of ether oxygens (including phenoxy) is 3. The van der Waals surface area contributed by atoms with E-state index in [1.807, 2.05) is 0 Å². The summed E-state index contributed by atoms with van der Waals surface area (Å²) in [5, 5.41) is 4.27. The van der Waals surface area contributed by atoms with E-state index >= 15 is 0 Å². The van der Waals surface area contributed by atoms with Crippen LogP contribution in [0, 0.1) is 3.57 Å². The molecule has 0 aromatic heterocycles. The highest BCUT2D eigenvalue weighted by Crippen LogP contribution is 2.33. The molecule has 1 amide bonds. The third kappa shape index (κ3) is 5.98. The number of carbonyl (C=O) groups excluding carboxylic acids is 2. The Hall–Kier alpha value is -2.04. The lowest BCUT2D eigenvalue weighted by Crippen LogP contribution is -2.17. The fourth-order valence-corrected chi connectivity index (χ4v) is 3.18. The number of hydrazone groups is 1. The summed E-state index contributed by atoms with van der Waals surface area (Å²) in [6.07, 6.45) is 1.38. The van der Waals surface area contributed by atoms with Gasteiger partial charge in [0, 0.05) is 5.56 Å².